The molecule has 23 heavy (non-hydrogen) atoms. The van der Waals surface area contributed by atoms with E-state index >= 15 is 0 Å². The number of primary amides is 2. The molecule has 3 amide bonds. The van der Waals surface area contributed by atoms with Crippen molar-refractivity contribution in [3.8, 4) is 5.75 Å². The van der Waals surface area contributed by atoms with E-state index in [1.54, 1.807) is 36.4 Å². The van der Waals surface area contributed by atoms with Crippen LogP contribution in [-0.4, -0.2) is 17.6 Å². The number of anilines is 1. The molecular weight excluding hydrogens is 296 g/mol. The van der Waals surface area contributed by atoms with E-state index in [1.807, 2.05) is 18.2 Å². The molecule has 0 atom stereocenters. The summed E-state index contributed by atoms with van der Waals surface area (Å²) in [5, 5.41) is 6.43. The quantitative estimate of drug-likeness (QED) is 0.557. The first-order chi connectivity index (χ1) is 11.0. The van der Waals surface area contributed by atoms with Gasteiger partial charge in [-0.05, 0) is 17.7 Å². The smallest absolute Gasteiger partial charge is 0.316 e. The standard InChI is InChI=1S/C16H16N4O3/c17-15(21)10-14(11-5-2-1-3-6-11)20-23-13-8-4-7-12(9-13)19-16(18)22/h1-9H,10H2,(H2,17,21)(H3,18,19,22)/b20-14+. The Morgan fingerprint density at radius 3 is 2.43 bits per heavy atom. The van der Waals surface area contributed by atoms with E-state index in [0.29, 0.717) is 17.1 Å². The van der Waals surface area contributed by atoms with E-state index in [9.17, 15) is 9.59 Å². The Bertz CT molecular complexity index is 729. The molecule has 0 heterocycles. The first kappa shape index (κ1) is 16.0. The number of hydrogen-bond acceptors (Lipinski definition) is 4. The van der Waals surface area contributed by atoms with E-state index in [2.05, 4.69) is 10.5 Å². The monoisotopic (exact) mass is 312 g/mol. The van der Waals surface area contributed by atoms with E-state index in [-0.39, 0.29) is 6.42 Å². The molecule has 7 nitrogen and oxygen atoms in total. The summed E-state index contributed by atoms with van der Waals surface area (Å²) in [4.78, 5) is 27.4. The van der Waals surface area contributed by atoms with Crippen molar-refractivity contribution >= 4 is 23.3 Å². The zero-order chi connectivity index (χ0) is 16.7. The maximum atomic E-state index is 11.2. The summed E-state index contributed by atoms with van der Waals surface area (Å²) in [7, 11) is 0. The largest absolute Gasteiger partial charge is 0.369 e. The maximum absolute atomic E-state index is 11.2. The lowest BCUT2D eigenvalue weighted by Crippen LogP contribution is -2.19. The normalized spacial score (nSPS) is 10.9. The molecule has 0 bridgehead atoms. The van der Waals surface area contributed by atoms with Crippen molar-refractivity contribution in [2.75, 3.05) is 5.32 Å². The summed E-state index contributed by atoms with van der Waals surface area (Å²) < 4.78 is 0. The van der Waals surface area contributed by atoms with Gasteiger partial charge < -0.3 is 21.6 Å². The minimum atomic E-state index is -0.677. The molecule has 118 valence electrons. The number of urea groups is 1. The fourth-order valence-electron chi connectivity index (χ4n) is 1.86. The van der Waals surface area contributed by atoms with Gasteiger partial charge in [0.1, 0.15) is 0 Å². The molecule has 0 unspecified atom stereocenters. The minimum Gasteiger partial charge on any atom is -0.369 e. The first-order valence-electron chi connectivity index (χ1n) is 6.79. The SMILES string of the molecule is NC(=O)C/C(=N\Oc1cccc(NC(N)=O)c1)c1ccccc1. The average molecular weight is 312 g/mol. The van der Waals surface area contributed by atoms with Crippen LogP contribution in [0.15, 0.2) is 59.8 Å². The van der Waals surface area contributed by atoms with Crippen molar-refractivity contribution < 1.29 is 14.4 Å². The number of benzene rings is 2. The molecular formula is C16H16N4O3. The predicted octanol–water partition coefficient (Wildman–Crippen LogP) is 1.84. The third kappa shape index (κ3) is 5.16. The van der Waals surface area contributed by atoms with Crippen molar-refractivity contribution in [2.45, 2.75) is 6.42 Å². The number of nitrogens with zero attached hydrogens (tertiary/aromatic N) is 1. The van der Waals surface area contributed by atoms with Gasteiger partial charge in [-0.1, -0.05) is 41.6 Å². The van der Waals surface area contributed by atoms with Crippen LogP contribution < -0.4 is 21.6 Å². The van der Waals surface area contributed by atoms with Crippen LogP contribution in [0.4, 0.5) is 10.5 Å². The van der Waals surface area contributed by atoms with Crippen molar-refractivity contribution in [2.24, 2.45) is 16.6 Å². The fourth-order valence-corrected chi connectivity index (χ4v) is 1.86. The summed E-state index contributed by atoms with van der Waals surface area (Å²) in [6.45, 7) is 0. The average Bonchev–Trinajstić information content (AvgIpc) is 2.51. The van der Waals surface area contributed by atoms with Crippen LogP contribution >= 0.6 is 0 Å². The van der Waals surface area contributed by atoms with Crippen LogP contribution in [0.3, 0.4) is 0 Å². The zero-order valence-corrected chi connectivity index (χ0v) is 12.2. The van der Waals surface area contributed by atoms with Crippen LogP contribution in [0.2, 0.25) is 0 Å². The van der Waals surface area contributed by atoms with Crippen molar-refractivity contribution in [1.29, 1.82) is 0 Å². The Balaban J connectivity index is 2.20. The van der Waals surface area contributed by atoms with Crippen LogP contribution in [0.5, 0.6) is 5.75 Å². The Morgan fingerprint density at radius 2 is 1.78 bits per heavy atom. The van der Waals surface area contributed by atoms with Crippen LogP contribution in [0, 0.1) is 0 Å². The molecule has 0 fully saturated rings. The van der Waals surface area contributed by atoms with Gasteiger partial charge in [0.2, 0.25) is 5.91 Å². The van der Waals surface area contributed by atoms with Gasteiger partial charge in [-0.3, -0.25) is 4.79 Å². The highest BCUT2D eigenvalue weighted by atomic mass is 16.6. The Kier molecular flexibility index (Phi) is 5.30. The number of amides is 3. The Labute approximate surface area is 132 Å². The lowest BCUT2D eigenvalue weighted by molar-refractivity contribution is -0.116. The number of nitrogens with two attached hydrogens (primary N) is 2. The number of oxime groups is 1. The lowest BCUT2D eigenvalue weighted by Gasteiger charge is -2.06. The van der Waals surface area contributed by atoms with E-state index < -0.39 is 11.9 Å². The summed E-state index contributed by atoms with van der Waals surface area (Å²) in [6, 6.07) is 15.0. The fraction of sp³-hybridized carbons (Fsp3) is 0.0625. The molecule has 2 rings (SSSR count). The first-order valence-corrected chi connectivity index (χ1v) is 6.79. The summed E-state index contributed by atoms with van der Waals surface area (Å²) in [6.07, 6.45) is -0.0523. The van der Waals surface area contributed by atoms with Crippen molar-refractivity contribution in [1.82, 2.24) is 0 Å². The second-order valence-corrected chi connectivity index (χ2v) is 4.66. The maximum Gasteiger partial charge on any atom is 0.316 e. The lowest BCUT2D eigenvalue weighted by atomic mass is 10.1. The van der Waals surface area contributed by atoms with E-state index in [1.165, 1.54) is 0 Å². The number of carbonyl (C=O) groups is 2. The Morgan fingerprint density at radius 1 is 1.04 bits per heavy atom. The number of rotatable bonds is 6. The molecule has 0 aliphatic heterocycles. The van der Waals surface area contributed by atoms with Gasteiger partial charge >= 0.3 is 6.03 Å². The van der Waals surface area contributed by atoms with Crippen molar-refractivity contribution in [3.05, 3.63) is 60.2 Å². The molecule has 0 aliphatic rings. The predicted molar refractivity (Wildman–Crippen MR) is 87.1 cm³/mol. The number of nitrogens with one attached hydrogen (secondary N) is 1. The van der Waals surface area contributed by atoms with Crippen LogP contribution in [-0.2, 0) is 4.79 Å². The highest BCUT2D eigenvalue weighted by Crippen LogP contribution is 2.18. The van der Waals surface area contributed by atoms with E-state index in [4.69, 9.17) is 16.3 Å². The van der Waals surface area contributed by atoms with Gasteiger partial charge in [0.25, 0.3) is 0 Å². The van der Waals surface area contributed by atoms with Gasteiger partial charge in [0.05, 0.1) is 12.1 Å². The van der Waals surface area contributed by atoms with Gasteiger partial charge in [-0.25, -0.2) is 4.79 Å². The van der Waals surface area contributed by atoms with Gasteiger partial charge in [-0.2, -0.15) is 0 Å². The summed E-state index contributed by atoms with van der Waals surface area (Å²) in [5.41, 5.74) is 11.9. The van der Waals surface area contributed by atoms with Gasteiger partial charge in [-0.15, -0.1) is 0 Å². The minimum absolute atomic E-state index is 0.0523. The van der Waals surface area contributed by atoms with Crippen molar-refractivity contribution in [3.63, 3.8) is 0 Å². The molecule has 0 aliphatic carbocycles. The van der Waals surface area contributed by atoms with Gasteiger partial charge in [0.15, 0.2) is 5.75 Å². The second kappa shape index (κ2) is 7.60. The van der Waals surface area contributed by atoms with Gasteiger partial charge in [0, 0.05) is 11.8 Å². The third-order valence-electron chi connectivity index (χ3n) is 2.81. The molecule has 2 aromatic rings. The topological polar surface area (TPSA) is 120 Å². The molecule has 0 aromatic heterocycles. The Hall–Kier alpha value is -3.35. The summed E-state index contributed by atoms with van der Waals surface area (Å²) in [5.74, 6) is -0.130. The third-order valence-corrected chi connectivity index (χ3v) is 2.81. The molecule has 0 radical (unpaired) electrons. The number of carbonyl (C=O) groups excluding carboxylic acids is 2. The molecule has 0 saturated heterocycles. The zero-order valence-electron chi connectivity index (χ0n) is 12.2. The molecule has 0 saturated carbocycles. The molecule has 2 aromatic carbocycles. The van der Waals surface area contributed by atoms with Crippen LogP contribution in [0.25, 0.3) is 0 Å². The summed E-state index contributed by atoms with van der Waals surface area (Å²) >= 11 is 0. The van der Waals surface area contributed by atoms with Crippen LogP contribution in [0.1, 0.15) is 12.0 Å². The molecule has 0 spiro atoms. The molecule has 5 N–H and O–H groups in total. The second-order valence-electron chi connectivity index (χ2n) is 4.66. The van der Waals surface area contributed by atoms with E-state index in [0.717, 1.165) is 5.56 Å². The highest BCUT2D eigenvalue weighted by molar-refractivity contribution is 6.09. The highest BCUT2D eigenvalue weighted by Gasteiger charge is 2.08. The number of hydrogen-bond donors (Lipinski definition) is 3. The molecule has 7 heteroatoms.